The van der Waals surface area contributed by atoms with E-state index in [1.54, 1.807) is 0 Å². The predicted octanol–water partition coefficient (Wildman–Crippen LogP) is 1.98. The van der Waals surface area contributed by atoms with Gasteiger partial charge in [-0.05, 0) is 43.1 Å². The summed E-state index contributed by atoms with van der Waals surface area (Å²) in [7, 11) is 0. The highest BCUT2D eigenvalue weighted by molar-refractivity contribution is 7.11. The lowest BCUT2D eigenvalue weighted by Gasteiger charge is -2.44. The van der Waals surface area contributed by atoms with E-state index in [2.05, 4.69) is 9.27 Å². The zero-order chi connectivity index (χ0) is 13.4. The molecule has 1 aromatic rings. The van der Waals surface area contributed by atoms with E-state index in [0.29, 0.717) is 11.6 Å². The zero-order valence-corrected chi connectivity index (χ0v) is 11.8. The molecule has 6 heteroatoms. The van der Waals surface area contributed by atoms with Gasteiger partial charge in [-0.3, -0.25) is 4.79 Å². The number of fused-ring (bicyclic) bond motifs is 1. The lowest BCUT2D eigenvalue weighted by molar-refractivity contribution is 0.100. The highest BCUT2D eigenvalue weighted by atomic mass is 32.1. The van der Waals surface area contributed by atoms with Gasteiger partial charge in [0.2, 0.25) is 0 Å². The fourth-order valence-electron chi connectivity index (χ4n) is 3.60. The van der Waals surface area contributed by atoms with Crippen molar-refractivity contribution in [3.63, 3.8) is 0 Å². The van der Waals surface area contributed by atoms with Crippen LogP contribution >= 0.6 is 11.5 Å². The average molecular weight is 280 g/mol. The summed E-state index contributed by atoms with van der Waals surface area (Å²) < 4.78 is 4.13. The lowest BCUT2D eigenvalue weighted by Crippen LogP contribution is -2.47. The first-order valence-electron chi connectivity index (χ1n) is 7.00. The molecule has 1 aliphatic heterocycles. The molecule has 1 amide bonds. The van der Waals surface area contributed by atoms with Crippen LogP contribution in [0.25, 0.3) is 0 Å². The quantitative estimate of drug-likeness (QED) is 0.867. The highest BCUT2D eigenvalue weighted by Gasteiger charge is 2.36. The molecule has 2 aliphatic rings. The number of carbonyl (C=O) groups is 1. The number of rotatable bonds is 2. The number of carbonyl (C=O) groups excluding carboxylic acids is 1. The number of hydrogen-bond acceptors (Lipinski definition) is 5. The molecule has 0 aromatic carbocycles. The van der Waals surface area contributed by atoms with Crippen LogP contribution in [-0.2, 0) is 0 Å². The summed E-state index contributed by atoms with van der Waals surface area (Å²) in [5, 5.41) is 0.890. The van der Waals surface area contributed by atoms with Crippen molar-refractivity contribution < 1.29 is 4.79 Å². The van der Waals surface area contributed by atoms with Gasteiger partial charge >= 0.3 is 0 Å². The van der Waals surface area contributed by atoms with Gasteiger partial charge < -0.3 is 16.4 Å². The van der Waals surface area contributed by atoms with Gasteiger partial charge in [0, 0.05) is 12.6 Å². The molecule has 1 saturated heterocycles. The first kappa shape index (κ1) is 12.7. The van der Waals surface area contributed by atoms with Gasteiger partial charge in [-0.1, -0.05) is 12.8 Å². The average Bonchev–Trinajstić information content (AvgIpc) is 2.80. The first-order chi connectivity index (χ1) is 9.18. The van der Waals surface area contributed by atoms with Crippen LogP contribution in [0.1, 0.15) is 48.9 Å². The third-order valence-electron chi connectivity index (χ3n) is 4.45. The van der Waals surface area contributed by atoms with Crippen molar-refractivity contribution >= 4 is 28.3 Å². The summed E-state index contributed by atoms with van der Waals surface area (Å²) in [5.74, 6) is 0.580. The molecule has 2 heterocycles. The molecule has 1 aromatic heterocycles. The number of nitrogens with zero attached hydrogens (tertiary/aromatic N) is 2. The van der Waals surface area contributed by atoms with E-state index in [9.17, 15) is 4.79 Å². The van der Waals surface area contributed by atoms with Crippen LogP contribution in [0.2, 0.25) is 0 Å². The van der Waals surface area contributed by atoms with Gasteiger partial charge in [-0.25, -0.2) is 0 Å². The Bertz CT molecular complexity index is 485. The number of nitrogens with two attached hydrogens (primary N) is 2. The van der Waals surface area contributed by atoms with Crippen molar-refractivity contribution in [1.82, 2.24) is 4.37 Å². The van der Waals surface area contributed by atoms with E-state index in [1.807, 2.05) is 0 Å². The molecule has 0 bridgehead atoms. The molecule has 104 valence electrons. The van der Waals surface area contributed by atoms with Gasteiger partial charge in [-0.15, -0.1) is 0 Å². The van der Waals surface area contributed by atoms with E-state index in [0.717, 1.165) is 17.5 Å². The number of anilines is 2. The summed E-state index contributed by atoms with van der Waals surface area (Å²) in [6.07, 6.45) is 7.61. The smallest absolute Gasteiger partial charge is 0.255 e. The van der Waals surface area contributed by atoms with Crippen molar-refractivity contribution in [3.8, 4) is 0 Å². The SMILES string of the molecule is NC(=O)c1c(N)nsc1N1CCC[C@H]2CCCC[C@H]21. The second-order valence-corrected chi connectivity index (χ2v) is 6.31. The summed E-state index contributed by atoms with van der Waals surface area (Å²) >= 11 is 1.32. The minimum atomic E-state index is -0.459. The molecule has 0 spiro atoms. The van der Waals surface area contributed by atoms with Crippen molar-refractivity contribution in [3.05, 3.63) is 5.56 Å². The number of piperidine rings is 1. The molecular formula is C13H20N4OS. The summed E-state index contributed by atoms with van der Waals surface area (Å²) in [6.45, 7) is 0.989. The van der Waals surface area contributed by atoms with Crippen LogP contribution < -0.4 is 16.4 Å². The van der Waals surface area contributed by atoms with Crippen molar-refractivity contribution in [1.29, 1.82) is 0 Å². The highest BCUT2D eigenvalue weighted by Crippen LogP contribution is 2.41. The third-order valence-corrected chi connectivity index (χ3v) is 5.35. The molecule has 4 N–H and O–H groups in total. The largest absolute Gasteiger partial charge is 0.382 e. The molecule has 2 atom stereocenters. The third kappa shape index (κ3) is 2.18. The normalized spacial score (nSPS) is 27.1. The maximum Gasteiger partial charge on any atom is 0.255 e. The van der Waals surface area contributed by atoms with Gasteiger partial charge in [-0.2, -0.15) is 4.37 Å². The Morgan fingerprint density at radius 2 is 2.00 bits per heavy atom. The fourth-order valence-corrected chi connectivity index (χ4v) is 4.50. The van der Waals surface area contributed by atoms with Crippen molar-refractivity contribution in [2.45, 2.75) is 44.6 Å². The van der Waals surface area contributed by atoms with Crippen molar-refractivity contribution in [2.75, 3.05) is 17.2 Å². The number of nitrogen functional groups attached to an aromatic ring is 1. The number of aromatic nitrogens is 1. The maximum atomic E-state index is 11.6. The monoisotopic (exact) mass is 280 g/mol. The van der Waals surface area contributed by atoms with Gasteiger partial charge in [0.1, 0.15) is 10.6 Å². The molecule has 19 heavy (non-hydrogen) atoms. The molecule has 1 saturated carbocycles. The molecule has 5 nitrogen and oxygen atoms in total. The second-order valence-electron chi connectivity index (χ2n) is 5.56. The van der Waals surface area contributed by atoms with Crippen LogP contribution in [0.4, 0.5) is 10.8 Å². The van der Waals surface area contributed by atoms with Crippen LogP contribution in [-0.4, -0.2) is 22.9 Å². The minimum absolute atomic E-state index is 0.283. The number of primary amides is 1. The van der Waals surface area contributed by atoms with E-state index in [-0.39, 0.29) is 5.82 Å². The van der Waals surface area contributed by atoms with Crippen LogP contribution in [0.5, 0.6) is 0 Å². The Kier molecular flexibility index (Phi) is 3.35. The van der Waals surface area contributed by atoms with Gasteiger partial charge in [0.15, 0.2) is 5.82 Å². The minimum Gasteiger partial charge on any atom is -0.382 e. The molecule has 2 fully saturated rings. The summed E-state index contributed by atoms with van der Waals surface area (Å²) in [6, 6.07) is 0.542. The van der Waals surface area contributed by atoms with Crippen LogP contribution in [0.3, 0.4) is 0 Å². The Morgan fingerprint density at radius 3 is 2.79 bits per heavy atom. The molecule has 0 radical (unpaired) electrons. The Balaban J connectivity index is 1.94. The topological polar surface area (TPSA) is 85.2 Å². The predicted molar refractivity (Wildman–Crippen MR) is 77.4 cm³/mol. The lowest BCUT2D eigenvalue weighted by atomic mass is 9.78. The van der Waals surface area contributed by atoms with E-state index in [1.165, 1.54) is 50.1 Å². The van der Waals surface area contributed by atoms with Crippen molar-refractivity contribution in [2.24, 2.45) is 11.7 Å². The molecular weight excluding hydrogens is 260 g/mol. The van der Waals surface area contributed by atoms with Gasteiger partial charge in [0.05, 0.1) is 0 Å². The fraction of sp³-hybridized carbons (Fsp3) is 0.692. The second kappa shape index (κ2) is 5.00. The van der Waals surface area contributed by atoms with Gasteiger partial charge in [0.25, 0.3) is 5.91 Å². The summed E-state index contributed by atoms with van der Waals surface area (Å²) in [5.41, 5.74) is 11.7. The Labute approximate surface area is 117 Å². The Morgan fingerprint density at radius 1 is 1.26 bits per heavy atom. The summed E-state index contributed by atoms with van der Waals surface area (Å²) in [4.78, 5) is 13.9. The Hall–Kier alpha value is -1.30. The number of amides is 1. The standard InChI is InChI=1S/C13H20N4OS/c14-11-10(12(15)18)13(19-16-11)17-7-3-5-8-4-1-2-6-9(8)17/h8-9H,1-7H2,(H2,14,16)(H2,15,18)/t8-,9-/m1/s1. The van der Waals surface area contributed by atoms with E-state index >= 15 is 0 Å². The van der Waals surface area contributed by atoms with E-state index < -0.39 is 5.91 Å². The van der Waals surface area contributed by atoms with E-state index in [4.69, 9.17) is 11.5 Å². The van der Waals surface area contributed by atoms with Crippen LogP contribution in [0.15, 0.2) is 0 Å². The molecule has 1 aliphatic carbocycles. The molecule has 0 unspecified atom stereocenters. The maximum absolute atomic E-state index is 11.6. The number of hydrogen-bond donors (Lipinski definition) is 2. The zero-order valence-electron chi connectivity index (χ0n) is 11.0. The molecule has 3 rings (SSSR count). The van der Waals surface area contributed by atoms with Crippen LogP contribution in [0, 0.1) is 5.92 Å². The first-order valence-corrected chi connectivity index (χ1v) is 7.77.